The van der Waals surface area contributed by atoms with Gasteiger partial charge in [0.15, 0.2) is 0 Å². The van der Waals surface area contributed by atoms with Gasteiger partial charge in [0, 0.05) is 18.4 Å². The number of benzene rings is 3. The summed E-state index contributed by atoms with van der Waals surface area (Å²) in [6.07, 6.45) is -0.851. The lowest BCUT2D eigenvalue weighted by Gasteiger charge is -2.18. The van der Waals surface area contributed by atoms with Gasteiger partial charge in [-0.3, -0.25) is 0 Å². The number of carbonyl (C=O) groups excluding carboxylic acids is 1. The van der Waals surface area contributed by atoms with E-state index in [1.165, 1.54) is 19.2 Å². The van der Waals surface area contributed by atoms with Crippen LogP contribution in [0.25, 0.3) is 11.1 Å². The van der Waals surface area contributed by atoms with Gasteiger partial charge >= 0.3 is 12.1 Å². The van der Waals surface area contributed by atoms with E-state index < -0.39 is 18.1 Å². The van der Waals surface area contributed by atoms with Crippen molar-refractivity contribution < 1.29 is 29.3 Å². The number of aliphatic carboxylic acids is 1. The van der Waals surface area contributed by atoms with Gasteiger partial charge in [-0.15, -0.1) is 0 Å². The number of ether oxygens (including phenoxy) is 2. The molecule has 0 aliphatic heterocycles. The Morgan fingerprint density at radius 3 is 2.22 bits per heavy atom. The number of hydrogen-bond acceptors (Lipinski definition) is 5. The molecule has 0 bridgehead atoms. The average Bonchev–Trinajstić information content (AvgIpc) is 3.10. The van der Waals surface area contributed by atoms with Gasteiger partial charge in [-0.1, -0.05) is 48.5 Å². The van der Waals surface area contributed by atoms with E-state index in [4.69, 9.17) is 9.47 Å². The van der Waals surface area contributed by atoms with Crippen LogP contribution in [-0.4, -0.2) is 42.0 Å². The van der Waals surface area contributed by atoms with E-state index >= 15 is 0 Å². The first-order valence-corrected chi connectivity index (χ1v) is 10.2. The van der Waals surface area contributed by atoms with E-state index in [1.54, 1.807) is 6.07 Å². The van der Waals surface area contributed by atoms with Crippen molar-refractivity contribution in [2.45, 2.75) is 18.4 Å². The molecule has 1 unspecified atom stereocenters. The molecular weight excluding hydrogens is 410 g/mol. The van der Waals surface area contributed by atoms with Gasteiger partial charge in [-0.05, 0) is 39.9 Å². The van der Waals surface area contributed by atoms with Gasteiger partial charge in [-0.25, -0.2) is 9.59 Å². The summed E-state index contributed by atoms with van der Waals surface area (Å²) in [5.74, 6) is -0.984. The normalized spacial score (nSPS) is 13.0. The van der Waals surface area contributed by atoms with E-state index in [9.17, 15) is 19.8 Å². The Morgan fingerprint density at radius 2 is 1.62 bits per heavy atom. The minimum atomic E-state index is -1.22. The first kappa shape index (κ1) is 21.2. The fraction of sp³-hybridized carbons (Fsp3) is 0.200. The molecule has 1 atom stereocenters. The molecule has 32 heavy (non-hydrogen) atoms. The molecular formula is C25H23NO6. The number of aromatic hydroxyl groups is 1. The second-order valence-corrected chi connectivity index (χ2v) is 7.60. The molecule has 0 fully saturated rings. The molecule has 1 amide bonds. The van der Waals surface area contributed by atoms with Crippen molar-refractivity contribution in [3.05, 3.63) is 83.4 Å². The summed E-state index contributed by atoms with van der Waals surface area (Å²) in [7, 11) is 1.45. The van der Waals surface area contributed by atoms with Gasteiger partial charge < -0.3 is 25.0 Å². The van der Waals surface area contributed by atoms with Gasteiger partial charge in [0.2, 0.25) is 0 Å². The number of rotatable bonds is 7. The number of methoxy groups -OCH3 is 1. The minimum Gasteiger partial charge on any atom is -0.508 e. The van der Waals surface area contributed by atoms with Crippen LogP contribution >= 0.6 is 0 Å². The number of hydrogen-bond donors (Lipinski definition) is 3. The highest BCUT2D eigenvalue weighted by Crippen LogP contribution is 2.44. The van der Waals surface area contributed by atoms with E-state index in [1.807, 2.05) is 48.5 Å². The first-order valence-electron chi connectivity index (χ1n) is 10.2. The molecule has 3 N–H and O–H groups in total. The summed E-state index contributed by atoms with van der Waals surface area (Å²) in [6, 6.07) is 19.2. The number of nitrogens with one attached hydrogen (secondary N) is 1. The van der Waals surface area contributed by atoms with Crippen LogP contribution in [0.3, 0.4) is 0 Å². The summed E-state index contributed by atoms with van der Waals surface area (Å²) in [5.41, 5.74) is 4.87. The highest BCUT2D eigenvalue weighted by molar-refractivity contribution is 5.81. The van der Waals surface area contributed by atoms with Crippen LogP contribution in [0.1, 0.15) is 22.6 Å². The number of carboxylic acid groups (broad SMARTS) is 1. The number of fused-ring (bicyclic) bond motifs is 3. The summed E-state index contributed by atoms with van der Waals surface area (Å²) in [4.78, 5) is 24.2. The van der Waals surface area contributed by atoms with Crippen molar-refractivity contribution >= 4 is 12.1 Å². The lowest BCUT2D eigenvalue weighted by Crippen LogP contribution is -2.42. The van der Waals surface area contributed by atoms with Gasteiger partial charge in [0.05, 0.1) is 7.11 Å². The summed E-state index contributed by atoms with van der Waals surface area (Å²) < 4.78 is 10.5. The van der Waals surface area contributed by atoms with Crippen LogP contribution in [0.4, 0.5) is 4.79 Å². The third kappa shape index (κ3) is 4.37. The number of phenolic OH excluding ortho intramolecular Hbond substituents is 1. The molecule has 1 aliphatic rings. The zero-order chi connectivity index (χ0) is 22.7. The first-order chi connectivity index (χ1) is 15.5. The second kappa shape index (κ2) is 9.01. The van der Waals surface area contributed by atoms with E-state index in [0.717, 1.165) is 22.3 Å². The van der Waals surface area contributed by atoms with Gasteiger partial charge in [0.25, 0.3) is 0 Å². The molecule has 0 spiro atoms. The van der Waals surface area contributed by atoms with E-state index in [0.29, 0.717) is 11.3 Å². The lowest BCUT2D eigenvalue weighted by atomic mass is 9.98. The standard InChI is InChI=1S/C25H23NO6/c1-31-17-11-15(10-16(27)13-17)12-23(24(28)29)26-25(30)32-14-22-20-8-4-2-6-18(20)19-7-3-5-9-21(19)22/h2-11,13,22-23,27H,12,14H2,1H3,(H,26,30)(H,28,29). The predicted molar refractivity (Wildman–Crippen MR) is 118 cm³/mol. The van der Waals surface area contributed by atoms with Crippen LogP contribution in [0.2, 0.25) is 0 Å². The molecule has 7 heteroatoms. The summed E-state index contributed by atoms with van der Waals surface area (Å²) >= 11 is 0. The highest BCUT2D eigenvalue weighted by atomic mass is 16.5. The van der Waals surface area contributed by atoms with Crippen molar-refractivity contribution in [2.75, 3.05) is 13.7 Å². The minimum absolute atomic E-state index is 0.0374. The molecule has 164 valence electrons. The fourth-order valence-electron chi connectivity index (χ4n) is 4.10. The van der Waals surface area contributed by atoms with Crippen molar-refractivity contribution in [1.82, 2.24) is 5.32 Å². The Morgan fingerprint density at radius 1 is 1.00 bits per heavy atom. The van der Waals surface area contributed by atoms with Crippen LogP contribution in [0.15, 0.2) is 66.7 Å². The van der Waals surface area contributed by atoms with Crippen LogP contribution in [0.5, 0.6) is 11.5 Å². The number of amides is 1. The Labute approximate surface area is 185 Å². The molecule has 0 radical (unpaired) electrons. The third-order valence-electron chi connectivity index (χ3n) is 5.56. The lowest BCUT2D eigenvalue weighted by molar-refractivity contribution is -0.139. The van der Waals surface area contributed by atoms with Crippen LogP contribution in [-0.2, 0) is 16.0 Å². The van der Waals surface area contributed by atoms with Crippen molar-refractivity contribution in [2.24, 2.45) is 0 Å². The number of carbonyl (C=O) groups is 2. The summed E-state index contributed by atoms with van der Waals surface area (Å²) in [5, 5.41) is 21.8. The van der Waals surface area contributed by atoms with Crippen molar-refractivity contribution in [3.8, 4) is 22.6 Å². The molecule has 1 aliphatic carbocycles. The second-order valence-electron chi connectivity index (χ2n) is 7.60. The maximum Gasteiger partial charge on any atom is 0.407 e. The van der Waals surface area contributed by atoms with Crippen molar-refractivity contribution in [1.29, 1.82) is 0 Å². The molecule has 0 saturated heterocycles. The Bertz CT molecular complexity index is 1110. The van der Waals surface area contributed by atoms with Gasteiger partial charge in [-0.2, -0.15) is 0 Å². The largest absolute Gasteiger partial charge is 0.508 e. The zero-order valence-corrected chi connectivity index (χ0v) is 17.4. The molecule has 0 saturated carbocycles. The number of alkyl carbamates (subject to hydrolysis) is 1. The Kier molecular flexibility index (Phi) is 5.98. The Hall–Kier alpha value is -4.00. The Balaban J connectivity index is 1.44. The van der Waals surface area contributed by atoms with Crippen molar-refractivity contribution in [3.63, 3.8) is 0 Å². The average molecular weight is 433 g/mol. The highest BCUT2D eigenvalue weighted by Gasteiger charge is 2.29. The molecule has 7 nitrogen and oxygen atoms in total. The number of carboxylic acids is 1. The maximum absolute atomic E-state index is 12.4. The number of phenols is 1. The molecule has 0 heterocycles. The van der Waals surface area contributed by atoms with Gasteiger partial charge in [0.1, 0.15) is 24.1 Å². The summed E-state index contributed by atoms with van der Waals surface area (Å²) in [6.45, 7) is 0.0894. The molecule has 3 aromatic carbocycles. The smallest absolute Gasteiger partial charge is 0.407 e. The third-order valence-corrected chi connectivity index (χ3v) is 5.56. The SMILES string of the molecule is COc1cc(O)cc(CC(NC(=O)OCC2c3ccccc3-c3ccccc32)C(=O)O)c1. The predicted octanol–water partition coefficient (Wildman–Crippen LogP) is 3.94. The monoisotopic (exact) mass is 433 g/mol. The fourth-order valence-corrected chi connectivity index (χ4v) is 4.10. The maximum atomic E-state index is 12.4. The molecule has 3 aromatic rings. The quantitative estimate of drug-likeness (QED) is 0.521. The van der Waals surface area contributed by atoms with Crippen LogP contribution < -0.4 is 10.1 Å². The van der Waals surface area contributed by atoms with Crippen LogP contribution in [0, 0.1) is 0 Å². The molecule has 4 rings (SSSR count). The van der Waals surface area contributed by atoms with E-state index in [2.05, 4.69) is 5.32 Å². The molecule has 0 aromatic heterocycles. The topological polar surface area (TPSA) is 105 Å². The van der Waals surface area contributed by atoms with E-state index in [-0.39, 0.29) is 24.7 Å². The zero-order valence-electron chi connectivity index (χ0n) is 17.4.